The van der Waals surface area contributed by atoms with Crippen molar-refractivity contribution in [3.05, 3.63) is 72.3 Å². The monoisotopic (exact) mass is 338 g/mol. The molecule has 0 fully saturated rings. The van der Waals surface area contributed by atoms with Gasteiger partial charge in [0, 0.05) is 6.54 Å². The highest BCUT2D eigenvalue weighted by molar-refractivity contribution is 6.10. The van der Waals surface area contributed by atoms with E-state index in [-0.39, 0.29) is 17.9 Å². The number of carbonyl (C=O) groups excluding carboxylic acids is 2. The Morgan fingerprint density at radius 3 is 2.36 bits per heavy atom. The number of anilines is 1. The second kappa shape index (κ2) is 8.68. The van der Waals surface area contributed by atoms with Crippen LogP contribution in [0.4, 0.5) is 5.69 Å². The molecule has 0 aliphatic carbocycles. The minimum atomic E-state index is -0.333. The summed E-state index contributed by atoms with van der Waals surface area (Å²) in [7, 11) is 0. The highest BCUT2D eigenvalue weighted by Gasteiger charge is 2.16. The Morgan fingerprint density at radius 2 is 1.68 bits per heavy atom. The van der Waals surface area contributed by atoms with E-state index in [9.17, 15) is 9.59 Å². The third-order valence-corrected chi connectivity index (χ3v) is 3.32. The first-order valence-electron chi connectivity index (χ1n) is 8.08. The van der Waals surface area contributed by atoms with E-state index in [0.717, 1.165) is 0 Å². The summed E-state index contributed by atoms with van der Waals surface area (Å²) in [5.41, 5.74) is 1.24. The maximum absolute atomic E-state index is 12.7. The number of amides is 2. The molecular weight excluding hydrogens is 316 g/mol. The Morgan fingerprint density at radius 1 is 1.04 bits per heavy atom. The lowest BCUT2D eigenvalue weighted by Gasteiger charge is -2.15. The average Bonchev–Trinajstić information content (AvgIpc) is 2.60. The number of nitrogens with one attached hydrogen (secondary N) is 2. The van der Waals surface area contributed by atoms with E-state index in [0.29, 0.717) is 29.1 Å². The molecule has 0 radical (unpaired) electrons. The third-order valence-electron chi connectivity index (χ3n) is 3.32. The number of hydrogen-bond donors (Lipinski definition) is 2. The summed E-state index contributed by atoms with van der Waals surface area (Å²) in [5.74, 6) is -0.105. The lowest BCUT2D eigenvalue weighted by molar-refractivity contribution is 0.0959. The fourth-order valence-corrected chi connectivity index (χ4v) is 2.25. The van der Waals surface area contributed by atoms with Gasteiger partial charge < -0.3 is 15.4 Å². The van der Waals surface area contributed by atoms with Gasteiger partial charge in [-0.1, -0.05) is 30.3 Å². The smallest absolute Gasteiger partial charge is 0.259 e. The van der Waals surface area contributed by atoms with Crippen molar-refractivity contribution in [1.82, 2.24) is 5.32 Å². The largest absolute Gasteiger partial charge is 0.490 e. The topological polar surface area (TPSA) is 67.4 Å². The molecule has 2 rings (SSSR count). The number of carbonyl (C=O) groups is 2. The average molecular weight is 338 g/mol. The number of benzene rings is 2. The summed E-state index contributed by atoms with van der Waals surface area (Å²) in [6.45, 7) is 7.72. The first-order chi connectivity index (χ1) is 12.0. The molecule has 2 amide bonds. The Hall–Kier alpha value is -3.08. The molecule has 0 unspecified atom stereocenters. The van der Waals surface area contributed by atoms with Crippen molar-refractivity contribution < 1.29 is 14.3 Å². The van der Waals surface area contributed by atoms with Gasteiger partial charge in [0.15, 0.2) is 0 Å². The lowest BCUT2D eigenvalue weighted by atomic mass is 10.1. The summed E-state index contributed by atoms with van der Waals surface area (Å²) in [6.07, 6.45) is 1.55. The summed E-state index contributed by atoms with van der Waals surface area (Å²) in [5, 5.41) is 5.50. The van der Waals surface area contributed by atoms with Crippen molar-refractivity contribution in [2.24, 2.45) is 0 Å². The molecule has 130 valence electrons. The standard InChI is InChI=1S/C20H22N2O3/c1-4-13-21-19(23)15-9-5-7-11-17(15)22-20(24)16-10-6-8-12-18(16)25-14(2)3/h4-12,14H,1,13H2,2-3H3,(H,21,23)(H,22,24). The molecule has 2 aromatic carbocycles. The zero-order valence-electron chi connectivity index (χ0n) is 14.4. The van der Waals surface area contributed by atoms with Crippen LogP contribution in [0, 0.1) is 0 Å². The molecule has 0 atom stereocenters. The predicted octanol–water partition coefficient (Wildman–Crippen LogP) is 3.64. The predicted molar refractivity (Wildman–Crippen MR) is 99.1 cm³/mol. The van der Waals surface area contributed by atoms with Crippen molar-refractivity contribution in [1.29, 1.82) is 0 Å². The van der Waals surface area contributed by atoms with Crippen LogP contribution in [-0.2, 0) is 0 Å². The number of ether oxygens (including phenoxy) is 1. The molecule has 5 heteroatoms. The van der Waals surface area contributed by atoms with E-state index >= 15 is 0 Å². The van der Waals surface area contributed by atoms with E-state index in [2.05, 4.69) is 17.2 Å². The Labute approximate surface area is 147 Å². The number of hydrogen-bond acceptors (Lipinski definition) is 3. The second-order valence-corrected chi connectivity index (χ2v) is 5.66. The van der Waals surface area contributed by atoms with Gasteiger partial charge in [-0.3, -0.25) is 9.59 Å². The second-order valence-electron chi connectivity index (χ2n) is 5.66. The van der Waals surface area contributed by atoms with Gasteiger partial charge >= 0.3 is 0 Å². The van der Waals surface area contributed by atoms with E-state index in [1.54, 1.807) is 48.5 Å². The summed E-state index contributed by atoms with van der Waals surface area (Å²) < 4.78 is 5.68. The van der Waals surface area contributed by atoms with E-state index in [4.69, 9.17) is 4.74 Å². The molecule has 0 heterocycles. The van der Waals surface area contributed by atoms with Gasteiger partial charge in [-0.15, -0.1) is 6.58 Å². The van der Waals surface area contributed by atoms with Crippen LogP contribution in [0.15, 0.2) is 61.2 Å². The number of para-hydroxylation sites is 2. The van der Waals surface area contributed by atoms with Gasteiger partial charge in [0.25, 0.3) is 11.8 Å². The molecule has 2 N–H and O–H groups in total. The maximum atomic E-state index is 12.7. The molecule has 0 aliphatic rings. The van der Waals surface area contributed by atoms with Gasteiger partial charge in [-0.2, -0.15) is 0 Å². The molecule has 0 aliphatic heterocycles. The molecular formula is C20H22N2O3. The Kier molecular flexibility index (Phi) is 6.34. The third kappa shape index (κ3) is 4.94. The van der Waals surface area contributed by atoms with Gasteiger partial charge in [0.05, 0.1) is 22.9 Å². The quantitative estimate of drug-likeness (QED) is 0.757. The maximum Gasteiger partial charge on any atom is 0.259 e. The van der Waals surface area contributed by atoms with Crippen LogP contribution in [0.2, 0.25) is 0 Å². The fourth-order valence-electron chi connectivity index (χ4n) is 2.25. The minimum absolute atomic E-state index is 0.0501. The summed E-state index contributed by atoms with van der Waals surface area (Å²) in [4.78, 5) is 24.9. The molecule has 5 nitrogen and oxygen atoms in total. The van der Waals surface area contributed by atoms with Crippen molar-refractivity contribution in [3.8, 4) is 5.75 Å². The number of rotatable bonds is 7. The van der Waals surface area contributed by atoms with Crippen molar-refractivity contribution in [2.75, 3.05) is 11.9 Å². The van der Waals surface area contributed by atoms with Crippen molar-refractivity contribution in [3.63, 3.8) is 0 Å². The van der Waals surface area contributed by atoms with Crippen LogP contribution in [-0.4, -0.2) is 24.5 Å². The van der Waals surface area contributed by atoms with Crippen LogP contribution in [0.5, 0.6) is 5.75 Å². The highest BCUT2D eigenvalue weighted by atomic mass is 16.5. The molecule has 0 aromatic heterocycles. The lowest BCUT2D eigenvalue weighted by Crippen LogP contribution is -2.25. The first-order valence-corrected chi connectivity index (χ1v) is 8.08. The Bertz CT molecular complexity index is 769. The van der Waals surface area contributed by atoms with E-state index in [1.165, 1.54) is 0 Å². The molecule has 0 saturated heterocycles. The molecule has 25 heavy (non-hydrogen) atoms. The molecule has 2 aromatic rings. The SMILES string of the molecule is C=CCNC(=O)c1ccccc1NC(=O)c1ccccc1OC(C)C. The normalized spacial score (nSPS) is 10.2. The van der Waals surface area contributed by atoms with Crippen molar-refractivity contribution in [2.45, 2.75) is 20.0 Å². The van der Waals surface area contributed by atoms with E-state index < -0.39 is 0 Å². The minimum Gasteiger partial charge on any atom is -0.490 e. The van der Waals surface area contributed by atoms with Crippen LogP contribution in [0.3, 0.4) is 0 Å². The van der Waals surface area contributed by atoms with Gasteiger partial charge in [-0.05, 0) is 38.1 Å². The van der Waals surface area contributed by atoms with Gasteiger partial charge in [-0.25, -0.2) is 0 Å². The Balaban J connectivity index is 2.24. The van der Waals surface area contributed by atoms with Crippen LogP contribution in [0.1, 0.15) is 34.6 Å². The zero-order chi connectivity index (χ0) is 18.2. The van der Waals surface area contributed by atoms with Gasteiger partial charge in [0.1, 0.15) is 5.75 Å². The summed E-state index contributed by atoms with van der Waals surface area (Å²) in [6, 6.07) is 13.9. The molecule has 0 bridgehead atoms. The highest BCUT2D eigenvalue weighted by Crippen LogP contribution is 2.22. The van der Waals surface area contributed by atoms with Crippen LogP contribution < -0.4 is 15.4 Å². The van der Waals surface area contributed by atoms with Crippen LogP contribution in [0.25, 0.3) is 0 Å². The van der Waals surface area contributed by atoms with Gasteiger partial charge in [0.2, 0.25) is 0 Å². The van der Waals surface area contributed by atoms with Crippen LogP contribution >= 0.6 is 0 Å². The molecule has 0 spiro atoms. The van der Waals surface area contributed by atoms with E-state index in [1.807, 2.05) is 19.9 Å². The summed E-state index contributed by atoms with van der Waals surface area (Å²) >= 11 is 0. The first kappa shape index (κ1) is 18.3. The zero-order valence-corrected chi connectivity index (χ0v) is 14.4. The fraction of sp³-hybridized carbons (Fsp3) is 0.200. The van der Waals surface area contributed by atoms with Crippen molar-refractivity contribution >= 4 is 17.5 Å². The molecule has 0 saturated carbocycles.